The molecule has 0 aromatic heterocycles. The van der Waals surface area contributed by atoms with E-state index in [1.54, 1.807) is 70.2 Å². The predicted molar refractivity (Wildman–Crippen MR) is 122 cm³/mol. The van der Waals surface area contributed by atoms with E-state index in [9.17, 15) is 19.2 Å². The summed E-state index contributed by atoms with van der Waals surface area (Å²) in [5, 5.41) is 5.06. The summed E-state index contributed by atoms with van der Waals surface area (Å²) in [6.45, 7) is 6.88. The lowest BCUT2D eigenvalue weighted by Gasteiger charge is -2.23. The lowest BCUT2D eigenvalue weighted by Crippen LogP contribution is -2.50. The van der Waals surface area contributed by atoms with Crippen molar-refractivity contribution in [1.82, 2.24) is 10.6 Å². The van der Waals surface area contributed by atoms with Crippen LogP contribution in [0.2, 0.25) is 0 Å². The van der Waals surface area contributed by atoms with Crippen LogP contribution in [-0.4, -0.2) is 36.0 Å². The molecule has 0 aliphatic heterocycles. The fourth-order valence-electron chi connectivity index (χ4n) is 2.93. The van der Waals surface area contributed by atoms with Crippen molar-refractivity contribution in [2.75, 3.05) is 0 Å². The van der Waals surface area contributed by atoms with E-state index >= 15 is 0 Å². The van der Waals surface area contributed by atoms with E-state index in [1.165, 1.54) is 0 Å². The molecule has 2 atom stereocenters. The molecule has 176 valence electrons. The van der Waals surface area contributed by atoms with Crippen LogP contribution in [0.1, 0.15) is 43.6 Å². The van der Waals surface area contributed by atoms with E-state index in [4.69, 9.17) is 9.47 Å². The van der Waals surface area contributed by atoms with Gasteiger partial charge in [-0.05, 0) is 29.5 Å². The average Bonchev–Trinajstić information content (AvgIpc) is 2.80. The van der Waals surface area contributed by atoms with E-state index in [0.717, 1.165) is 5.56 Å². The van der Waals surface area contributed by atoms with Crippen LogP contribution in [0.4, 0.5) is 4.79 Å². The van der Waals surface area contributed by atoms with Gasteiger partial charge in [0.1, 0.15) is 18.7 Å². The molecule has 2 aromatic carbocycles. The molecule has 8 heteroatoms. The van der Waals surface area contributed by atoms with Crippen LogP contribution in [0, 0.1) is 11.8 Å². The van der Waals surface area contributed by atoms with Crippen LogP contribution in [0.3, 0.4) is 0 Å². The monoisotopic (exact) mass is 454 g/mol. The Bertz CT molecular complexity index is 944. The number of carbonyl (C=O) groups is 4. The highest BCUT2D eigenvalue weighted by atomic mass is 16.6. The highest BCUT2D eigenvalue weighted by Crippen LogP contribution is 2.11. The second-order valence-electron chi connectivity index (χ2n) is 8.23. The normalized spacial score (nSPS) is 12.5. The SMILES string of the molecule is CC(C)[C@H](NC(=O)OCc1ccccc1)C(=O)OC(=O)[C@@H](NC(=O)c1ccccc1)C(C)C. The first-order chi connectivity index (χ1) is 15.7. The molecule has 0 fully saturated rings. The van der Waals surface area contributed by atoms with Gasteiger partial charge in [-0.25, -0.2) is 14.4 Å². The zero-order chi connectivity index (χ0) is 24.4. The Morgan fingerprint density at radius 2 is 1.21 bits per heavy atom. The first-order valence-corrected chi connectivity index (χ1v) is 10.8. The van der Waals surface area contributed by atoms with Gasteiger partial charge in [-0.1, -0.05) is 76.2 Å². The fraction of sp³-hybridized carbons (Fsp3) is 0.360. The van der Waals surface area contributed by atoms with Crippen LogP contribution in [-0.2, 0) is 25.7 Å². The maximum atomic E-state index is 12.7. The van der Waals surface area contributed by atoms with Crippen molar-refractivity contribution in [3.8, 4) is 0 Å². The number of alkyl carbamates (subject to hydrolysis) is 1. The van der Waals surface area contributed by atoms with Crippen molar-refractivity contribution >= 4 is 23.9 Å². The third-order valence-electron chi connectivity index (χ3n) is 4.85. The van der Waals surface area contributed by atoms with E-state index in [0.29, 0.717) is 5.56 Å². The zero-order valence-corrected chi connectivity index (χ0v) is 19.2. The quantitative estimate of drug-likeness (QED) is 0.443. The molecule has 2 amide bonds. The van der Waals surface area contributed by atoms with Gasteiger partial charge in [0.05, 0.1) is 0 Å². The van der Waals surface area contributed by atoms with Gasteiger partial charge in [-0.2, -0.15) is 0 Å². The Balaban J connectivity index is 1.97. The van der Waals surface area contributed by atoms with Gasteiger partial charge >= 0.3 is 18.0 Å². The Labute approximate surface area is 193 Å². The van der Waals surface area contributed by atoms with Gasteiger partial charge < -0.3 is 20.1 Å². The number of carbonyl (C=O) groups excluding carboxylic acids is 4. The molecule has 0 aliphatic rings. The van der Waals surface area contributed by atoms with Crippen LogP contribution in [0.5, 0.6) is 0 Å². The Morgan fingerprint density at radius 1 is 0.727 bits per heavy atom. The smallest absolute Gasteiger partial charge is 0.408 e. The standard InChI is InChI=1S/C25H30N2O6/c1-16(2)20(26-22(28)19-13-9-6-10-14-19)23(29)33-24(30)21(17(3)4)27-25(31)32-15-18-11-7-5-8-12-18/h5-14,16-17,20-21H,15H2,1-4H3,(H,26,28)(H,27,31)/t20-,21-/m0/s1. The molecule has 0 aliphatic carbocycles. The van der Waals surface area contributed by atoms with Crippen molar-refractivity contribution < 1.29 is 28.7 Å². The Hall–Kier alpha value is -3.68. The number of hydrogen-bond donors (Lipinski definition) is 2. The number of rotatable bonds is 9. The molecule has 2 N–H and O–H groups in total. The molecular weight excluding hydrogens is 424 g/mol. The Kier molecular flexibility index (Phi) is 9.60. The van der Waals surface area contributed by atoms with Gasteiger partial charge in [-0.15, -0.1) is 0 Å². The fourth-order valence-corrected chi connectivity index (χ4v) is 2.93. The third kappa shape index (κ3) is 8.07. The first kappa shape index (κ1) is 25.6. The molecule has 33 heavy (non-hydrogen) atoms. The molecule has 0 saturated carbocycles. The summed E-state index contributed by atoms with van der Waals surface area (Å²) in [7, 11) is 0. The minimum atomic E-state index is -1.10. The molecular formula is C25H30N2O6. The van der Waals surface area contributed by atoms with Gasteiger partial charge in [-0.3, -0.25) is 4.79 Å². The number of benzene rings is 2. The molecule has 0 bridgehead atoms. The van der Waals surface area contributed by atoms with Crippen molar-refractivity contribution in [3.63, 3.8) is 0 Å². The lowest BCUT2D eigenvalue weighted by atomic mass is 10.0. The summed E-state index contributed by atoms with van der Waals surface area (Å²) < 4.78 is 10.2. The number of amides is 2. The number of ether oxygens (including phenoxy) is 2. The highest BCUT2D eigenvalue weighted by molar-refractivity contribution is 5.99. The van der Waals surface area contributed by atoms with Crippen LogP contribution in [0.15, 0.2) is 60.7 Å². The summed E-state index contributed by atoms with van der Waals surface area (Å²) >= 11 is 0. The molecule has 0 heterocycles. The summed E-state index contributed by atoms with van der Waals surface area (Å²) in [4.78, 5) is 50.0. The summed E-state index contributed by atoms with van der Waals surface area (Å²) in [5.74, 6) is -2.98. The lowest BCUT2D eigenvalue weighted by molar-refractivity contribution is -0.163. The number of esters is 2. The van der Waals surface area contributed by atoms with Gasteiger partial charge in [0, 0.05) is 5.56 Å². The zero-order valence-electron chi connectivity index (χ0n) is 19.2. The van der Waals surface area contributed by atoms with Crippen molar-refractivity contribution in [2.45, 2.75) is 46.4 Å². The topological polar surface area (TPSA) is 111 Å². The minimum Gasteiger partial charge on any atom is -0.445 e. The molecule has 0 unspecified atom stereocenters. The molecule has 2 rings (SSSR count). The molecule has 2 aromatic rings. The first-order valence-electron chi connectivity index (χ1n) is 10.8. The number of hydrogen-bond acceptors (Lipinski definition) is 6. The van der Waals surface area contributed by atoms with Gasteiger partial charge in [0.25, 0.3) is 5.91 Å². The van der Waals surface area contributed by atoms with Crippen LogP contribution >= 0.6 is 0 Å². The molecule has 0 saturated heterocycles. The van der Waals surface area contributed by atoms with Crippen LogP contribution < -0.4 is 10.6 Å². The average molecular weight is 455 g/mol. The van der Waals surface area contributed by atoms with Crippen LogP contribution in [0.25, 0.3) is 0 Å². The van der Waals surface area contributed by atoms with Gasteiger partial charge in [0.15, 0.2) is 0 Å². The van der Waals surface area contributed by atoms with Crippen molar-refractivity contribution in [1.29, 1.82) is 0 Å². The molecule has 0 radical (unpaired) electrons. The largest absolute Gasteiger partial charge is 0.445 e. The van der Waals surface area contributed by atoms with E-state index < -0.39 is 36.0 Å². The second kappa shape index (κ2) is 12.4. The molecule has 8 nitrogen and oxygen atoms in total. The highest BCUT2D eigenvalue weighted by Gasteiger charge is 2.33. The van der Waals surface area contributed by atoms with Crippen molar-refractivity contribution in [3.05, 3.63) is 71.8 Å². The summed E-state index contributed by atoms with van der Waals surface area (Å²) in [6, 6.07) is 15.3. The summed E-state index contributed by atoms with van der Waals surface area (Å²) in [5.41, 5.74) is 1.17. The molecule has 0 spiro atoms. The van der Waals surface area contributed by atoms with E-state index in [1.807, 2.05) is 18.2 Å². The Morgan fingerprint density at radius 3 is 1.73 bits per heavy atom. The predicted octanol–water partition coefficient (Wildman–Crippen LogP) is 3.46. The minimum absolute atomic E-state index is 0.0341. The van der Waals surface area contributed by atoms with E-state index in [2.05, 4.69) is 10.6 Å². The van der Waals surface area contributed by atoms with E-state index in [-0.39, 0.29) is 18.4 Å². The van der Waals surface area contributed by atoms with Gasteiger partial charge in [0.2, 0.25) is 0 Å². The van der Waals surface area contributed by atoms with Crippen molar-refractivity contribution in [2.24, 2.45) is 11.8 Å². The summed E-state index contributed by atoms with van der Waals surface area (Å²) in [6.07, 6.45) is -0.806. The maximum absolute atomic E-state index is 12.7. The number of nitrogens with one attached hydrogen (secondary N) is 2. The second-order valence-corrected chi connectivity index (χ2v) is 8.23. The maximum Gasteiger partial charge on any atom is 0.408 e. The third-order valence-corrected chi connectivity index (χ3v) is 4.85.